The second-order valence-corrected chi connectivity index (χ2v) is 11.0. The number of aromatic nitrogens is 3. The highest BCUT2D eigenvalue weighted by atomic mass is 32.2. The smallest absolute Gasteiger partial charge is 0.321 e. The van der Waals surface area contributed by atoms with Crippen molar-refractivity contribution in [2.24, 2.45) is 10.6 Å². The molecule has 2 aromatic rings. The van der Waals surface area contributed by atoms with E-state index in [-0.39, 0.29) is 28.8 Å². The lowest BCUT2D eigenvalue weighted by molar-refractivity contribution is -0.173. The maximum atomic E-state index is 13.1. The molecule has 0 bridgehead atoms. The van der Waals surface area contributed by atoms with Gasteiger partial charge in [-0.3, -0.25) is 19.2 Å². The van der Waals surface area contributed by atoms with Crippen LogP contribution in [-0.4, -0.2) is 84.6 Å². The van der Waals surface area contributed by atoms with Crippen molar-refractivity contribution in [3.8, 4) is 0 Å². The molecule has 17 heteroatoms. The fourth-order valence-corrected chi connectivity index (χ4v) is 6.16. The molecule has 2 aliphatic rings. The Balaban J connectivity index is 1.48. The Morgan fingerprint density at radius 1 is 1.41 bits per heavy atom. The highest BCUT2D eigenvalue weighted by molar-refractivity contribution is 8.00. The van der Waals surface area contributed by atoms with Crippen LogP contribution in [0.25, 0.3) is 6.08 Å². The maximum absolute atomic E-state index is 13.1. The molecule has 4 heterocycles. The van der Waals surface area contributed by atoms with E-state index in [4.69, 9.17) is 15.2 Å². The Morgan fingerprint density at radius 3 is 2.81 bits per heavy atom. The number of esters is 2. The van der Waals surface area contributed by atoms with Crippen LogP contribution in [0.5, 0.6) is 0 Å². The monoisotopic (exact) mass is 567 g/mol. The third-order valence-electron chi connectivity index (χ3n) is 5.58. The van der Waals surface area contributed by atoms with E-state index in [1.165, 1.54) is 40.5 Å². The molecular weight excluding hydrogens is 546 g/mol. The quantitative estimate of drug-likeness (QED) is 0.0981. The highest BCUT2D eigenvalue weighted by Gasteiger charge is 2.57. The molecule has 2 fully saturated rings. The van der Waals surface area contributed by atoms with Crippen molar-refractivity contribution >= 4 is 75.3 Å². The van der Waals surface area contributed by atoms with E-state index < -0.39 is 47.4 Å². The van der Waals surface area contributed by atoms with Crippen LogP contribution in [0.15, 0.2) is 16.6 Å². The number of carbonyl (C=O) groups excluding carboxylic acids is 4. The molecule has 0 saturated carbocycles. The van der Waals surface area contributed by atoms with Crippen molar-refractivity contribution in [3.63, 3.8) is 0 Å². The minimum Gasteiger partial charge on any atom is -0.428 e. The number of thiazole rings is 1. The lowest BCUT2D eigenvalue weighted by Gasteiger charge is -2.53. The van der Waals surface area contributed by atoms with Gasteiger partial charge >= 0.3 is 11.9 Å². The Labute approximate surface area is 222 Å². The number of thioether (sulfide) groups is 1. The van der Waals surface area contributed by atoms with Crippen molar-refractivity contribution in [3.05, 3.63) is 27.7 Å². The van der Waals surface area contributed by atoms with Crippen LogP contribution in [0.2, 0.25) is 0 Å². The number of fused-ring (bicyclic) bond motifs is 1. The summed E-state index contributed by atoms with van der Waals surface area (Å²) in [5, 5.41) is 20.1. The van der Waals surface area contributed by atoms with Crippen LogP contribution in [0.4, 0.5) is 5.13 Å². The molecule has 0 spiro atoms. The predicted octanol–water partition coefficient (Wildman–Crippen LogP) is 0.227. The maximum Gasteiger partial charge on any atom is 0.321 e. The largest absolute Gasteiger partial charge is 0.428 e. The van der Waals surface area contributed by atoms with Gasteiger partial charge in [-0.1, -0.05) is 15.7 Å². The minimum atomic E-state index is -1.27. The highest BCUT2D eigenvalue weighted by Crippen LogP contribution is 2.44. The first-order valence-electron chi connectivity index (χ1n) is 10.6. The number of β-lactam (4-membered cyclic amide) rings is 1. The zero-order valence-electron chi connectivity index (χ0n) is 19.4. The zero-order chi connectivity index (χ0) is 26.7. The SMILES string of the molecule is CC(=O)OCOC(=O)C1(C=Cc2nnsc2C)CS[C@@H]2C(NC(=O)C(=NO)c3csc(N)n3)C(=O)N2C1. The summed E-state index contributed by atoms with van der Waals surface area (Å²) in [6.45, 7) is 2.42. The first kappa shape index (κ1) is 26.5. The number of hydrogen-bond acceptors (Lipinski definition) is 15. The number of hydrogen-bond donors (Lipinski definition) is 3. The minimum absolute atomic E-state index is 0.0363. The van der Waals surface area contributed by atoms with Crippen molar-refractivity contribution < 1.29 is 33.9 Å². The van der Waals surface area contributed by atoms with Crippen LogP contribution in [-0.2, 0) is 28.7 Å². The number of aryl methyl sites for hydroxylation is 1. The normalized spacial score (nSPS) is 23.4. The summed E-state index contributed by atoms with van der Waals surface area (Å²) in [7, 11) is 0. The van der Waals surface area contributed by atoms with Crippen LogP contribution in [0.1, 0.15) is 23.2 Å². The van der Waals surface area contributed by atoms with Crippen molar-refractivity contribution in [2.75, 3.05) is 24.8 Å². The first-order valence-corrected chi connectivity index (χ1v) is 13.3. The molecule has 2 saturated heterocycles. The third-order valence-corrected chi connectivity index (χ3v) is 8.45. The molecule has 3 atom stereocenters. The molecule has 4 rings (SSSR count). The van der Waals surface area contributed by atoms with Gasteiger partial charge in [0.2, 0.25) is 12.7 Å². The number of nitrogens with zero attached hydrogens (tertiary/aromatic N) is 5. The number of nitrogen functional groups attached to an aromatic ring is 1. The number of carbonyl (C=O) groups is 4. The molecule has 0 radical (unpaired) electrons. The number of oxime groups is 1. The molecule has 2 aliphatic heterocycles. The summed E-state index contributed by atoms with van der Waals surface area (Å²) in [6, 6.07) is -0.908. The third kappa shape index (κ3) is 5.42. The fraction of sp³-hybridized carbons (Fsp3) is 0.400. The predicted molar refractivity (Wildman–Crippen MR) is 134 cm³/mol. The van der Waals surface area contributed by atoms with E-state index in [2.05, 4.69) is 25.0 Å². The van der Waals surface area contributed by atoms with Crippen molar-refractivity contribution in [1.82, 2.24) is 24.8 Å². The molecule has 0 aromatic carbocycles. The number of anilines is 1. The summed E-state index contributed by atoms with van der Waals surface area (Å²) in [6.07, 6.45) is 3.25. The van der Waals surface area contributed by atoms with Gasteiger partial charge in [-0.2, -0.15) is 0 Å². The van der Waals surface area contributed by atoms with Crippen LogP contribution >= 0.6 is 34.6 Å². The van der Waals surface area contributed by atoms with Crippen molar-refractivity contribution in [2.45, 2.75) is 25.3 Å². The molecule has 14 nitrogen and oxygen atoms in total. The number of rotatable bonds is 8. The Bertz CT molecular complexity index is 1290. The Kier molecular flexibility index (Phi) is 7.74. The average Bonchev–Trinajstić information content (AvgIpc) is 3.48. The van der Waals surface area contributed by atoms with Gasteiger partial charge in [0, 0.05) is 29.5 Å². The molecular formula is C20H21N7O7S3. The second kappa shape index (κ2) is 10.8. The zero-order valence-corrected chi connectivity index (χ0v) is 21.9. The fourth-order valence-electron chi connectivity index (χ4n) is 3.65. The van der Waals surface area contributed by atoms with Crippen LogP contribution < -0.4 is 11.1 Å². The van der Waals surface area contributed by atoms with Crippen molar-refractivity contribution in [1.29, 1.82) is 0 Å². The van der Waals surface area contributed by atoms with E-state index in [0.717, 1.165) is 16.2 Å². The summed E-state index contributed by atoms with van der Waals surface area (Å²) < 4.78 is 13.8. The first-order chi connectivity index (χ1) is 17.6. The van der Waals surface area contributed by atoms with Gasteiger partial charge in [-0.15, -0.1) is 28.2 Å². The standard InChI is InChI=1S/C20H21N7O7S3/c1-9-11(24-26-37-9)3-4-20(18(31)34-8-33-10(2)28)6-27-16(30)14(17(27)36-7-20)23-15(29)13(25-32)12-5-35-19(21)22-12/h3-5,14,17,32H,6-8H2,1-2H3,(H2,21,22)(H,23,29)/t14?,17-,20?/m1/s1. The second-order valence-electron chi connectivity index (χ2n) is 8.03. The number of nitrogens with two attached hydrogens (primary N) is 1. The molecule has 2 amide bonds. The Morgan fingerprint density at radius 2 is 2.19 bits per heavy atom. The van der Waals surface area contributed by atoms with E-state index in [9.17, 15) is 24.4 Å². The lowest BCUT2D eigenvalue weighted by Crippen LogP contribution is -2.74. The van der Waals surface area contributed by atoms with Gasteiger partial charge < -0.3 is 30.6 Å². The van der Waals surface area contributed by atoms with Crippen LogP contribution in [0.3, 0.4) is 0 Å². The topological polar surface area (TPSA) is 199 Å². The van der Waals surface area contributed by atoms with Gasteiger partial charge in [0.25, 0.3) is 5.91 Å². The van der Waals surface area contributed by atoms with Gasteiger partial charge in [-0.25, -0.2) is 4.98 Å². The van der Waals surface area contributed by atoms with Gasteiger partial charge in [0.1, 0.15) is 28.2 Å². The van der Waals surface area contributed by atoms with Crippen LogP contribution in [0, 0.1) is 12.3 Å². The Hall–Kier alpha value is -3.57. The number of nitrogens with one attached hydrogen (secondary N) is 1. The summed E-state index contributed by atoms with van der Waals surface area (Å²) >= 11 is 3.53. The van der Waals surface area contributed by atoms with Gasteiger partial charge in [-0.05, 0) is 24.5 Å². The summed E-state index contributed by atoms with van der Waals surface area (Å²) in [5.74, 6) is -2.33. The lowest BCUT2D eigenvalue weighted by atomic mass is 9.86. The van der Waals surface area contributed by atoms with E-state index >= 15 is 0 Å². The van der Waals surface area contributed by atoms with Gasteiger partial charge in [0.15, 0.2) is 10.8 Å². The van der Waals surface area contributed by atoms with Gasteiger partial charge in [0.05, 0.1) is 0 Å². The number of ether oxygens (including phenoxy) is 2. The molecule has 37 heavy (non-hydrogen) atoms. The van der Waals surface area contributed by atoms with E-state index in [1.54, 1.807) is 12.2 Å². The molecule has 4 N–H and O–H groups in total. The van der Waals surface area contributed by atoms with E-state index in [0.29, 0.717) is 5.69 Å². The molecule has 2 unspecified atom stereocenters. The molecule has 2 aromatic heterocycles. The molecule has 0 aliphatic carbocycles. The average molecular weight is 568 g/mol. The van der Waals surface area contributed by atoms with E-state index in [1.807, 2.05) is 6.92 Å². The molecule has 196 valence electrons. The number of amides is 2. The summed E-state index contributed by atoms with van der Waals surface area (Å²) in [4.78, 5) is 56.0. The summed E-state index contributed by atoms with van der Waals surface area (Å²) in [5.41, 5.74) is 4.59.